The summed E-state index contributed by atoms with van der Waals surface area (Å²) in [5, 5.41) is 8.04. The summed E-state index contributed by atoms with van der Waals surface area (Å²) in [7, 11) is 0. The van der Waals surface area contributed by atoms with Gasteiger partial charge in [0.1, 0.15) is 6.61 Å². The SMILES string of the molecule is C=CCOOOOCC. The zero-order valence-corrected chi connectivity index (χ0v) is 5.33. The van der Waals surface area contributed by atoms with E-state index in [1.807, 2.05) is 0 Å². The van der Waals surface area contributed by atoms with Crippen LogP contribution in [0.4, 0.5) is 0 Å². The van der Waals surface area contributed by atoms with E-state index >= 15 is 0 Å². The molecular weight excluding hydrogens is 124 g/mol. The van der Waals surface area contributed by atoms with Crippen LogP contribution in [0.25, 0.3) is 0 Å². The molecule has 0 unspecified atom stereocenters. The average molecular weight is 134 g/mol. The van der Waals surface area contributed by atoms with Crippen LogP contribution < -0.4 is 0 Å². The molecule has 54 valence electrons. The molecule has 4 heteroatoms. The van der Waals surface area contributed by atoms with E-state index in [-0.39, 0.29) is 6.61 Å². The zero-order valence-electron chi connectivity index (χ0n) is 5.33. The molecule has 0 rings (SSSR count). The van der Waals surface area contributed by atoms with E-state index in [1.54, 1.807) is 6.92 Å². The van der Waals surface area contributed by atoms with Crippen molar-refractivity contribution in [2.75, 3.05) is 13.2 Å². The normalized spacial score (nSPS) is 9.44. The van der Waals surface area contributed by atoms with Gasteiger partial charge in [0, 0.05) is 0 Å². The van der Waals surface area contributed by atoms with Crippen LogP contribution >= 0.6 is 0 Å². The Hall–Kier alpha value is -0.420. The van der Waals surface area contributed by atoms with Crippen molar-refractivity contribution in [1.29, 1.82) is 0 Å². The molecule has 4 nitrogen and oxygen atoms in total. The Balaban J connectivity index is 2.66. The molecule has 0 saturated carbocycles. The van der Waals surface area contributed by atoms with Crippen molar-refractivity contribution < 1.29 is 19.9 Å². The molecule has 0 heterocycles. The van der Waals surface area contributed by atoms with Crippen LogP contribution in [0.15, 0.2) is 12.7 Å². The Morgan fingerprint density at radius 2 is 2.00 bits per heavy atom. The van der Waals surface area contributed by atoms with Crippen LogP contribution in [0, 0.1) is 0 Å². The third-order valence-electron chi connectivity index (χ3n) is 0.428. The second-order valence-electron chi connectivity index (χ2n) is 1.12. The van der Waals surface area contributed by atoms with Gasteiger partial charge in [-0.3, -0.25) is 0 Å². The highest BCUT2D eigenvalue weighted by Crippen LogP contribution is 1.82. The van der Waals surface area contributed by atoms with Gasteiger partial charge in [0.25, 0.3) is 0 Å². The lowest BCUT2D eigenvalue weighted by molar-refractivity contribution is -0.631. The first-order chi connectivity index (χ1) is 4.41. The van der Waals surface area contributed by atoms with Gasteiger partial charge in [0.2, 0.25) is 0 Å². The predicted molar refractivity (Wildman–Crippen MR) is 29.9 cm³/mol. The van der Waals surface area contributed by atoms with Gasteiger partial charge in [0.05, 0.1) is 6.61 Å². The maximum Gasteiger partial charge on any atom is 0.103 e. The van der Waals surface area contributed by atoms with E-state index in [0.29, 0.717) is 6.61 Å². The Bertz CT molecular complexity index is 64.0. The summed E-state index contributed by atoms with van der Waals surface area (Å²) in [6, 6.07) is 0. The third kappa shape index (κ3) is 7.58. The van der Waals surface area contributed by atoms with Crippen LogP contribution in [0.1, 0.15) is 6.92 Å². The monoisotopic (exact) mass is 134 g/mol. The van der Waals surface area contributed by atoms with Crippen LogP contribution in [0.3, 0.4) is 0 Å². The Morgan fingerprint density at radius 3 is 2.56 bits per heavy atom. The van der Waals surface area contributed by atoms with Crippen molar-refractivity contribution >= 4 is 0 Å². The van der Waals surface area contributed by atoms with Gasteiger partial charge in [0.15, 0.2) is 0 Å². The van der Waals surface area contributed by atoms with Crippen molar-refractivity contribution in [1.82, 2.24) is 0 Å². The number of rotatable bonds is 6. The van der Waals surface area contributed by atoms with E-state index in [2.05, 4.69) is 26.4 Å². The molecule has 9 heavy (non-hydrogen) atoms. The summed E-state index contributed by atoms with van der Waals surface area (Å²) in [5.41, 5.74) is 0. The first kappa shape index (κ1) is 8.58. The molecule has 0 atom stereocenters. The molecular formula is C5H10O4. The molecule has 0 saturated heterocycles. The summed E-state index contributed by atoms with van der Waals surface area (Å²) in [5.74, 6) is 0. The van der Waals surface area contributed by atoms with E-state index in [4.69, 9.17) is 0 Å². The Labute approximate surface area is 53.8 Å². The van der Waals surface area contributed by atoms with Crippen molar-refractivity contribution in [3.05, 3.63) is 12.7 Å². The second kappa shape index (κ2) is 7.58. The van der Waals surface area contributed by atoms with E-state index < -0.39 is 0 Å². The van der Waals surface area contributed by atoms with Gasteiger partial charge in [-0.25, -0.2) is 4.89 Å². The lowest BCUT2D eigenvalue weighted by atomic mass is 10.7. The molecule has 0 aromatic rings. The highest BCUT2D eigenvalue weighted by Gasteiger charge is 1.83. The molecule has 0 aromatic heterocycles. The largest absolute Gasteiger partial charge is 0.204 e. The molecule has 0 radical (unpaired) electrons. The lowest BCUT2D eigenvalue weighted by Crippen LogP contribution is -1.97. The van der Waals surface area contributed by atoms with E-state index in [1.165, 1.54) is 6.08 Å². The van der Waals surface area contributed by atoms with Crippen LogP contribution in [0.5, 0.6) is 0 Å². The maximum absolute atomic E-state index is 4.32. The van der Waals surface area contributed by atoms with E-state index in [9.17, 15) is 0 Å². The molecule has 0 aliphatic rings. The highest BCUT2D eigenvalue weighted by molar-refractivity contribution is 4.61. The highest BCUT2D eigenvalue weighted by atomic mass is 17.7. The summed E-state index contributed by atoms with van der Waals surface area (Å²) >= 11 is 0. The summed E-state index contributed by atoms with van der Waals surface area (Å²) < 4.78 is 0. The minimum absolute atomic E-state index is 0.271. The fraction of sp³-hybridized carbons (Fsp3) is 0.600. The third-order valence-corrected chi connectivity index (χ3v) is 0.428. The summed E-state index contributed by atoms with van der Waals surface area (Å²) in [6.45, 7) is 5.82. The number of hydrogen-bond acceptors (Lipinski definition) is 4. The van der Waals surface area contributed by atoms with Crippen LogP contribution in [-0.4, -0.2) is 13.2 Å². The molecule has 0 aliphatic heterocycles. The molecule has 0 amide bonds. The van der Waals surface area contributed by atoms with Gasteiger partial charge in [-0.15, -0.1) is 6.58 Å². The lowest BCUT2D eigenvalue weighted by Gasteiger charge is -1.96. The topological polar surface area (TPSA) is 36.9 Å². The van der Waals surface area contributed by atoms with Gasteiger partial charge in [-0.05, 0) is 17.0 Å². The van der Waals surface area contributed by atoms with Crippen molar-refractivity contribution in [3.8, 4) is 0 Å². The quantitative estimate of drug-likeness (QED) is 0.235. The van der Waals surface area contributed by atoms with E-state index in [0.717, 1.165) is 0 Å². The fourth-order valence-electron chi connectivity index (χ4n) is 0.163. The smallest absolute Gasteiger partial charge is 0.103 e. The Morgan fingerprint density at radius 1 is 1.33 bits per heavy atom. The van der Waals surface area contributed by atoms with Gasteiger partial charge in [-0.2, -0.15) is 4.89 Å². The standard InChI is InChI=1S/C5H10O4/c1-3-5-7-9-8-6-4-2/h3H,1,4-5H2,2H3. The first-order valence-electron chi connectivity index (χ1n) is 2.60. The van der Waals surface area contributed by atoms with Gasteiger partial charge in [-0.1, -0.05) is 6.08 Å². The average Bonchev–Trinajstić information content (AvgIpc) is 1.89. The molecule has 0 aliphatic carbocycles. The molecule has 0 aromatic carbocycles. The summed E-state index contributed by atoms with van der Waals surface area (Å²) in [4.78, 5) is 8.62. The van der Waals surface area contributed by atoms with Crippen LogP contribution in [-0.2, 0) is 19.9 Å². The molecule has 0 spiro atoms. The van der Waals surface area contributed by atoms with Crippen LogP contribution in [0.2, 0.25) is 0 Å². The van der Waals surface area contributed by atoms with Gasteiger partial charge < -0.3 is 0 Å². The minimum Gasteiger partial charge on any atom is -0.204 e. The van der Waals surface area contributed by atoms with Crippen molar-refractivity contribution in [2.24, 2.45) is 0 Å². The van der Waals surface area contributed by atoms with Crippen molar-refractivity contribution in [3.63, 3.8) is 0 Å². The zero-order chi connectivity index (χ0) is 6.95. The molecule has 0 N–H and O–H groups in total. The maximum atomic E-state index is 4.32. The number of hydrogen-bond donors (Lipinski definition) is 0. The van der Waals surface area contributed by atoms with Gasteiger partial charge >= 0.3 is 0 Å². The second-order valence-corrected chi connectivity index (χ2v) is 1.12. The predicted octanol–water partition coefficient (Wildman–Crippen LogP) is 1.00. The summed E-state index contributed by atoms with van der Waals surface area (Å²) in [6.07, 6.45) is 1.52. The fourth-order valence-corrected chi connectivity index (χ4v) is 0.163. The molecule has 0 fully saturated rings. The molecule has 0 bridgehead atoms. The minimum atomic E-state index is 0.271. The first-order valence-corrected chi connectivity index (χ1v) is 2.60. The van der Waals surface area contributed by atoms with Crippen molar-refractivity contribution in [2.45, 2.75) is 6.92 Å². The Kier molecular flexibility index (Phi) is 7.23.